The minimum Gasteiger partial charge on any atom is -0.472 e. The molecule has 2 aromatic rings. The van der Waals surface area contributed by atoms with Crippen molar-refractivity contribution in [3.8, 4) is 0 Å². The Morgan fingerprint density at radius 3 is 2.53 bits per heavy atom. The smallest absolute Gasteiger partial charge is 0.254 e. The molecule has 0 bridgehead atoms. The molecule has 0 spiro atoms. The number of benzene rings is 1. The third-order valence-corrected chi connectivity index (χ3v) is 2.85. The molecule has 1 heterocycles. The molecule has 0 unspecified atom stereocenters. The maximum atomic E-state index is 11.6. The number of hydrogen-bond acceptors (Lipinski definition) is 3. The van der Waals surface area contributed by atoms with E-state index in [-0.39, 0.29) is 18.4 Å². The van der Waals surface area contributed by atoms with E-state index >= 15 is 0 Å². The van der Waals surface area contributed by atoms with Crippen molar-refractivity contribution in [3.05, 3.63) is 52.9 Å². The van der Waals surface area contributed by atoms with Crippen molar-refractivity contribution in [1.82, 2.24) is 5.32 Å². The van der Waals surface area contributed by atoms with Crippen LogP contribution in [0, 0.1) is 0 Å². The summed E-state index contributed by atoms with van der Waals surface area (Å²) in [5.74, 6) is -0.640. The summed E-state index contributed by atoms with van der Waals surface area (Å²) in [6.45, 7) is -0.0971. The number of hydrogen-bond donors (Lipinski definition) is 2. The lowest BCUT2D eigenvalue weighted by atomic mass is 10.3. The van der Waals surface area contributed by atoms with E-state index in [2.05, 4.69) is 26.6 Å². The van der Waals surface area contributed by atoms with E-state index in [1.807, 2.05) is 12.1 Å². The fourth-order valence-corrected chi connectivity index (χ4v) is 1.66. The van der Waals surface area contributed by atoms with Crippen LogP contribution >= 0.6 is 15.9 Å². The van der Waals surface area contributed by atoms with Crippen LogP contribution < -0.4 is 10.6 Å². The van der Waals surface area contributed by atoms with E-state index < -0.39 is 0 Å². The predicted octanol–water partition coefficient (Wildman–Crippen LogP) is 2.41. The molecule has 0 atom stereocenters. The zero-order valence-corrected chi connectivity index (χ0v) is 11.4. The number of furan rings is 1. The highest BCUT2D eigenvalue weighted by Gasteiger charge is 2.08. The van der Waals surface area contributed by atoms with Gasteiger partial charge in [-0.1, -0.05) is 15.9 Å². The van der Waals surface area contributed by atoms with E-state index in [1.165, 1.54) is 18.6 Å². The molecular formula is C13H11BrN2O3. The van der Waals surface area contributed by atoms with Crippen LogP contribution in [0.4, 0.5) is 5.69 Å². The summed E-state index contributed by atoms with van der Waals surface area (Å²) in [4.78, 5) is 23.2. The summed E-state index contributed by atoms with van der Waals surface area (Å²) in [6, 6.07) is 8.70. The molecule has 0 aliphatic carbocycles. The monoisotopic (exact) mass is 322 g/mol. The molecule has 19 heavy (non-hydrogen) atoms. The molecule has 0 radical (unpaired) electrons. The van der Waals surface area contributed by atoms with E-state index in [0.717, 1.165) is 4.47 Å². The average Bonchev–Trinajstić information content (AvgIpc) is 2.93. The summed E-state index contributed by atoms with van der Waals surface area (Å²) in [7, 11) is 0. The Morgan fingerprint density at radius 2 is 1.89 bits per heavy atom. The summed E-state index contributed by atoms with van der Waals surface area (Å²) >= 11 is 3.30. The van der Waals surface area contributed by atoms with Gasteiger partial charge in [0.2, 0.25) is 5.91 Å². The molecule has 0 aliphatic heterocycles. The second-order valence-corrected chi connectivity index (χ2v) is 4.67. The van der Waals surface area contributed by atoms with E-state index in [0.29, 0.717) is 11.3 Å². The number of nitrogens with one attached hydrogen (secondary N) is 2. The van der Waals surface area contributed by atoms with Crippen LogP contribution in [0.5, 0.6) is 0 Å². The Morgan fingerprint density at radius 1 is 1.16 bits per heavy atom. The second-order valence-electron chi connectivity index (χ2n) is 3.75. The van der Waals surface area contributed by atoms with Crippen molar-refractivity contribution < 1.29 is 14.0 Å². The molecule has 1 aromatic carbocycles. The fourth-order valence-electron chi connectivity index (χ4n) is 1.39. The van der Waals surface area contributed by atoms with Crippen molar-refractivity contribution in [3.63, 3.8) is 0 Å². The van der Waals surface area contributed by atoms with Crippen LogP contribution in [-0.2, 0) is 4.79 Å². The maximum absolute atomic E-state index is 11.6. The molecule has 0 saturated carbocycles. The van der Waals surface area contributed by atoms with Gasteiger partial charge in [0.15, 0.2) is 0 Å². The zero-order valence-electron chi connectivity index (χ0n) is 9.85. The highest BCUT2D eigenvalue weighted by Crippen LogP contribution is 2.13. The lowest BCUT2D eigenvalue weighted by Gasteiger charge is -2.06. The summed E-state index contributed by atoms with van der Waals surface area (Å²) < 4.78 is 5.71. The number of amides is 2. The fraction of sp³-hybridized carbons (Fsp3) is 0.0769. The van der Waals surface area contributed by atoms with Gasteiger partial charge < -0.3 is 15.1 Å². The van der Waals surface area contributed by atoms with Gasteiger partial charge in [-0.05, 0) is 30.3 Å². The summed E-state index contributed by atoms with van der Waals surface area (Å²) in [5, 5.41) is 5.17. The van der Waals surface area contributed by atoms with Gasteiger partial charge in [0.25, 0.3) is 5.91 Å². The Labute approximate surface area is 118 Å². The molecule has 0 aliphatic rings. The van der Waals surface area contributed by atoms with Crippen molar-refractivity contribution in [2.24, 2.45) is 0 Å². The highest BCUT2D eigenvalue weighted by atomic mass is 79.9. The number of anilines is 1. The van der Waals surface area contributed by atoms with E-state index in [4.69, 9.17) is 4.42 Å². The third-order valence-electron chi connectivity index (χ3n) is 2.32. The molecule has 0 fully saturated rings. The molecular weight excluding hydrogens is 312 g/mol. The quantitative estimate of drug-likeness (QED) is 0.908. The minimum absolute atomic E-state index is 0.0971. The number of carbonyl (C=O) groups is 2. The predicted molar refractivity (Wildman–Crippen MR) is 73.8 cm³/mol. The zero-order chi connectivity index (χ0) is 13.7. The minimum atomic E-state index is -0.347. The van der Waals surface area contributed by atoms with Gasteiger partial charge in [0.1, 0.15) is 6.26 Å². The van der Waals surface area contributed by atoms with Crippen molar-refractivity contribution in [2.75, 3.05) is 11.9 Å². The first-order valence-corrected chi connectivity index (χ1v) is 6.30. The Hall–Kier alpha value is -2.08. The van der Waals surface area contributed by atoms with Gasteiger partial charge in [-0.25, -0.2) is 0 Å². The van der Waals surface area contributed by atoms with E-state index in [1.54, 1.807) is 12.1 Å². The van der Waals surface area contributed by atoms with Crippen molar-refractivity contribution in [1.29, 1.82) is 0 Å². The lowest BCUT2D eigenvalue weighted by Crippen LogP contribution is -2.32. The first-order chi connectivity index (χ1) is 9.15. The standard InChI is InChI=1S/C13H11BrN2O3/c14-10-1-3-11(4-2-10)16-12(17)7-15-13(18)9-5-6-19-8-9/h1-6,8H,7H2,(H,15,18)(H,16,17). The van der Waals surface area contributed by atoms with Gasteiger partial charge in [-0.15, -0.1) is 0 Å². The molecule has 0 saturated heterocycles. The van der Waals surface area contributed by atoms with Gasteiger partial charge in [-0.3, -0.25) is 9.59 Å². The molecule has 6 heteroatoms. The Balaban J connectivity index is 1.82. The molecule has 5 nitrogen and oxygen atoms in total. The number of carbonyl (C=O) groups excluding carboxylic acids is 2. The topological polar surface area (TPSA) is 71.3 Å². The lowest BCUT2D eigenvalue weighted by molar-refractivity contribution is -0.115. The molecule has 2 N–H and O–H groups in total. The largest absolute Gasteiger partial charge is 0.472 e. The second kappa shape index (κ2) is 6.19. The Kier molecular flexibility index (Phi) is 4.35. The molecule has 1 aromatic heterocycles. The van der Waals surface area contributed by atoms with Crippen molar-refractivity contribution in [2.45, 2.75) is 0 Å². The normalized spacial score (nSPS) is 9.95. The number of halogens is 1. The first kappa shape index (κ1) is 13.4. The third kappa shape index (κ3) is 3.96. The molecule has 2 rings (SSSR count). The van der Waals surface area contributed by atoms with Gasteiger partial charge >= 0.3 is 0 Å². The van der Waals surface area contributed by atoms with Crippen LogP contribution in [0.25, 0.3) is 0 Å². The van der Waals surface area contributed by atoms with Crippen LogP contribution in [0.2, 0.25) is 0 Å². The van der Waals surface area contributed by atoms with Crippen molar-refractivity contribution >= 4 is 33.4 Å². The van der Waals surface area contributed by atoms with Gasteiger partial charge in [0, 0.05) is 10.2 Å². The molecule has 98 valence electrons. The van der Waals surface area contributed by atoms with E-state index in [9.17, 15) is 9.59 Å². The first-order valence-electron chi connectivity index (χ1n) is 5.51. The SMILES string of the molecule is O=C(CNC(=O)c1ccoc1)Nc1ccc(Br)cc1. The summed E-state index contributed by atoms with van der Waals surface area (Å²) in [5.41, 5.74) is 1.06. The van der Waals surface area contributed by atoms with Crippen LogP contribution in [0.3, 0.4) is 0 Å². The Bertz CT molecular complexity index is 564. The maximum Gasteiger partial charge on any atom is 0.254 e. The van der Waals surface area contributed by atoms with Gasteiger partial charge in [0.05, 0.1) is 18.4 Å². The van der Waals surface area contributed by atoms with Crippen LogP contribution in [0.1, 0.15) is 10.4 Å². The van der Waals surface area contributed by atoms with Crippen LogP contribution in [-0.4, -0.2) is 18.4 Å². The van der Waals surface area contributed by atoms with Crippen LogP contribution in [0.15, 0.2) is 51.7 Å². The number of rotatable bonds is 4. The summed E-state index contributed by atoms with van der Waals surface area (Å²) in [6.07, 6.45) is 2.72. The highest BCUT2D eigenvalue weighted by molar-refractivity contribution is 9.10. The average molecular weight is 323 g/mol. The van der Waals surface area contributed by atoms with Gasteiger partial charge in [-0.2, -0.15) is 0 Å². The molecule has 2 amide bonds.